The highest BCUT2D eigenvalue weighted by Crippen LogP contribution is 2.35. The van der Waals surface area contributed by atoms with Crippen LogP contribution in [0.25, 0.3) is 0 Å². The van der Waals surface area contributed by atoms with Gasteiger partial charge in [-0.05, 0) is 49.6 Å². The fraction of sp³-hybridized carbons (Fsp3) is 0.375. The van der Waals surface area contributed by atoms with E-state index in [1.54, 1.807) is 6.07 Å². The van der Waals surface area contributed by atoms with Gasteiger partial charge in [-0.1, -0.05) is 6.07 Å². The molecule has 8 heteroatoms. The van der Waals surface area contributed by atoms with Crippen molar-refractivity contribution < 1.29 is 13.6 Å². The Morgan fingerprint density at radius 3 is 2.84 bits per heavy atom. The molecule has 3 aromatic rings. The second-order valence-corrected chi connectivity index (χ2v) is 8.50. The van der Waals surface area contributed by atoms with Crippen LogP contribution < -0.4 is 15.1 Å². The van der Waals surface area contributed by atoms with Crippen LogP contribution in [0.2, 0.25) is 0 Å². The number of hydrogen-bond donors (Lipinski definition) is 1. The van der Waals surface area contributed by atoms with E-state index in [4.69, 9.17) is 9.40 Å². The van der Waals surface area contributed by atoms with Crippen molar-refractivity contribution in [3.8, 4) is 0 Å². The van der Waals surface area contributed by atoms with Crippen LogP contribution in [0.3, 0.4) is 0 Å². The fourth-order valence-electron chi connectivity index (χ4n) is 4.43. The van der Waals surface area contributed by atoms with Crippen LogP contribution in [-0.4, -0.2) is 41.7 Å². The highest BCUT2D eigenvalue weighted by Gasteiger charge is 2.29. The molecule has 2 aliphatic heterocycles. The van der Waals surface area contributed by atoms with E-state index in [9.17, 15) is 9.18 Å². The van der Waals surface area contributed by atoms with Crippen LogP contribution in [0.1, 0.15) is 39.4 Å². The van der Waals surface area contributed by atoms with Gasteiger partial charge in [-0.3, -0.25) is 9.78 Å². The Bertz CT molecular complexity index is 1160. The summed E-state index contributed by atoms with van der Waals surface area (Å²) in [6.07, 6.45) is 3.73. The molecule has 5 heterocycles. The van der Waals surface area contributed by atoms with Gasteiger partial charge < -0.3 is 19.5 Å². The van der Waals surface area contributed by atoms with Crippen LogP contribution in [0, 0.1) is 13.8 Å². The van der Waals surface area contributed by atoms with E-state index in [2.05, 4.69) is 21.3 Å². The molecule has 3 aromatic heterocycles. The average molecular weight is 436 g/mol. The number of rotatable bonds is 4. The zero-order valence-electron chi connectivity index (χ0n) is 18.3. The molecular formula is C24H26FN5O2. The second kappa shape index (κ2) is 8.26. The SMILES string of the molecule is Cc1ccoc1C(=O)Nc1c(C)cc(N2CCc3ncccc3C2)nc1N1CC[C@@H](F)C1. The van der Waals surface area contributed by atoms with E-state index in [1.165, 1.54) is 11.8 Å². The van der Waals surface area contributed by atoms with Gasteiger partial charge in [0.05, 0.1) is 18.5 Å². The largest absolute Gasteiger partial charge is 0.459 e. The third-order valence-corrected chi connectivity index (χ3v) is 6.21. The van der Waals surface area contributed by atoms with Crippen LogP contribution in [-0.2, 0) is 13.0 Å². The number of nitrogens with one attached hydrogen (secondary N) is 1. The van der Waals surface area contributed by atoms with Crippen molar-refractivity contribution in [2.24, 2.45) is 0 Å². The number of amides is 1. The number of aryl methyl sites for hydroxylation is 2. The molecule has 0 unspecified atom stereocenters. The summed E-state index contributed by atoms with van der Waals surface area (Å²) in [4.78, 5) is 26.4. The molecule has 166 valence electrons. The van der Waals surface area contributed by atoms with Crippen LogP contribution >= 0.6 is 0 Å². The molecule has 1 atom stereocenters. The summed E-state index contributed by atoms with van der Waals surface area (Å²) in [5.74, 6) is 1.36. The number of carbonyl (C=O) groups is 1. The first kappa shape index (κ1) is 20.5. The van der Waals surface area contributed by atoms with Crippen molar-refractivity contribution in [2.45, 2.75) is 39.4 Å². The number of pyridine rings is 2. The lowest BCUT2D eigenvalue weighted by Gasteiger charge is -2.31. The summed E-state index contributed by atoms with van der Waals surface area (Å²) < 4.78 is 19.4. The van der Waals surface area contributed by atoms with E-state index < -0.39 is 6.17 Å². The first-order chi connectivity index (χ1) is 15.5. The molecule has 1 fully saturated rings. The Morgan fingerprint density at radius 2 is 2.09 bits per heavy atom. The van der Waals surface area contributed by atoms with E-state index in [0.29, 0.717) is 24.5 Å². The molecule has 0 bridgehead atoms. The fourth-order valence-corrected chi connectivity index (χ4v) is 4.43. The van der Waals surface area contributed by atoms with E-state index in [0.717, 1.165) is 42.1 Å². The monoisotopic (exact) mass is 435 g/mol. The molecule has 5 rings (SSSR count). The first-order valence-electron chi connectivity index (χ1n) is 10.9. The average Bonchev–Trinajstić information content (AvgIpc) is 3.42. The summed E-state index contributed by atoms with van der Waals surface area (Å²) in [6.45, 7) is 6.13. The van der Waals surface area contributed by atoms with Gasteiger partial charge in [-0.15, -0.1) is 0 Å². The Labute approximate surface area is 186 Å². The van der Waals surface area contributed by atoms with Gasteiger partial charge in [0.1, 0.15) is 12.0 Å². The third kappa shape index (κ3) is 3.81. The number of nitrogens with zero attached hydrogens (tertiary/aromatic N) is 4. The molecule has 32 heavy (non-hydrogen) atoms. The number of carbonyl (C=O) groups excluding carboxylic acids is 1. The number of furan rings is 1. The molecule has 0 radical (unpaired) electrons. The van der Waals surface area contributed by atoms with Crippen molar-refractivity contribution in [3.05, 3.63) is 64.9 Å². The molecule has 0 aromatic carbocycles. The minimum atomic E-state index is -0.899. The number of alkyl halides is 1. The van der Waals surface area contributed by atoms with Crippen molar-refractivity contribution in [2.75, 3.05) is 34.8 Å². The quantitative estimate of drug-likeness (QED) is 0.667. The smallest absolute Gasteiger partial charge is 0.291 e. The lowest BCUT2D eigenvalue weighted by Crippen LogP contribution is -2.32. The zero-order chi connectivity index (χ0) is 22.2. The molecule has 0 aliphatic carbocycles. The van der Waals surface area contributed by atoms with Crippen molar-refractivity contribution in [3.63, 3.8) is 0 Å². The van der Waals surface area contributed by atoms with Crippen molar-refractivity contribution in [1.29, 1.82) is 0 Å². The molecule has 2 aliphatic rings. The number of halogens is 1. The minimum Gasteiger partial charge on any atom is -0.459 e. The topological polar surface area (TPSA) is 74.5 Å². The van der Waals surface area contributed by atoms with Crippen molar-refractivity contribution >= 4 is 23.2 Å². The lowest BCUT2D eigenvalue weighted by molar-refractivity contribution is 0.0995. The Kier molecular flexibility index (Phi) is 5.28. The van der Waals surface area contributed by atoms with Gasteiger partial charge in [0.15, 0.2) is 11.6 Å². The molecule has 7 nitrogen and oxygen atoms in total. The maximum atomic E-state index is 14.1. The van der Waals surface area contributed by atoms with Gasteiger partial charge in [0.25, 0.3) is 5.91 Å². The molecule has 1 amide bonds. The first-order valence-corrected chi connectivity index (χ1v) is 10.9. The highest BCUT2D eigenvalue weighted by molar-refractivity contribution is 6.05. The molecular weight excluding hydrogens is 409 g/mol. The summed E-state index contributed by atoms with van der Waals surface area (Å²) >= 11 is 0. The minimum absolute atomic E-state index is 0.268. The van der Waals surface area contributed by atoms with Gasteiger partial charge in [-0.2, -0.15) is 0 Å². The molecule has 1 saturated heterocycles. The summed E-state index contributed by atoms with van der Waals surface area (Å²) in [5, 5.41) is 2.97. The zero-order valence-corrected chi connectivity index (χ0v) is 18.3. The standard InChI is InChI=1S/C24H26FN5O2/c1-15-7-11-32-22(15)24(31)28-21-16(2)12-20(27-23(21)30-9-5-18(25)14-30)29-10-6-19-17(13-29)4-3-8-26-19/h3-4,7-8,11-12,18H,5-6,9-10,13-14H2,1-2H3,(H,28,31)/t18-/m1/s1. The van der Waals surface area contributed by atoms with E-state index in [1.807, 2.05) is 37.1 Å². The van der Waals surface area contributed by atoms with Crippen molar-refractivity contribution in [1.82, 2.24) is 9.97 Å². The highest BCUT2D eigenvalue weighted by atomic mass is 19.1. The van der Waals surface area contributed by atoms with Crippen LogP contribution in [0.5, 0.6) is 0 Å². The maximum absolute atomic E-state index is 14.1. The summed E-state index contributed by atoms with van der Waals surface area (Å²) in [6, 6.07) is 7.78. The normalized spacial score (nSPS) is 18.0. The van der Waals surface area contributed by atoms with Gasteiger partial charge in [0, 0.05) is 43.5 Å². The predicted molar refractivity (Wildman–Crippen MR) is 121 cm³/mol. The predicted octanol–water partition coefficient (Wildman–Crippen LogP) is 4.05. The Hall–Kier alpha value is -3.42. The maximum Gasteiger partial charge on any atom is 0.291 e. The Morgan fingerprint density at radius 1 is 1.22 bits per heavy atom. The van der Waals surface area contributed by atoms with E-state index >= 15 is 0 Å². The lowest BCUT2D eigenvalue weighted by atomic mass is 10.1. The molecule has 0 saturated carbocycles. The Balaban J connectivity index is 1.50. The number of aromatic nitrogens is 2. The van der Waals surface area contributed by atoms with Crippen LogP contribution in [0.4, 0.5) is 21.7 Å². The molecule has 0 spiro atoms. The van der Waals surface area contributed by atoms with E-state index in [-0.39, 0.29) is 18.2 Å². The van der Waals surface area contributed by atoms with Crippen LogP contribution in [0.15, 0.2) is 41.1 Å². The van der Waals surface area contributed by atoms with Gasteiger partial charge in [0.2, 0.25) is 0 Å². The molecule has 1 N–H and O–H groups in total. The van der Waals surface area contributed by atoms with Gasteiger partial charge >= 0.3 is 0 Å². The number of fused-ring (bicyclic) bond motifs is 1. The summed E-state index contributed by atoms with van der Waals surface area (Å²) in [5.41, 5.74) is 4.55. The second-order valence-electron chi connectivity index (χ2n) is 8.50. The summed E-state index contributed by atoms with van der Waals surface area (Å²) in [7, 11) is 0. The van der Waals surface area contributed by atoms with Gasteiger partial charge in [-0.25, -0.2) is 9.37 Å². The number of anilines is 3. The number of hydrogen-bond acceptors (Lipinski definition) is 6. The third-order valence-electron chi connectivity index (χ3n) is 6.21.